The molecule has 2 rings (SSSR count). The van der Waals surface area contributed by atoms with Gasteiger partial charge in [-0.3, -0.25) is 9.78 Å². The molecule has 2 aromatic rings. The Morgan fingerprint density at radius 3 is 2.47 bits per heavy atom. The van der Waals surface area contributed by atoms with Crippen LogP contribution in [0.25, 0.3) is 0 Å². The van der Waals surface area contributed by atoms with E-state index in [9.17, 15) is 4.79 Å². The van der Waals surface area contributed by atoms with E-state index in [2.05, 4.69) is 20.9 Å². The summed E-state index contributed by atoms with van der Waals surface area (Å²) in [6, 6.07) is 13.3. The molecule has 0 spiro atoms. The van der Waals surface area contributed by atoms with Crippen LogP contribution >= 0.6 is 15.9 Å². The molecule has 1 atom stereocenters. The zero-order valence-electron chi connectivity index (χ0n) is 11.6. The van der Waals surface area contributed by atoms with E-state index in [1.165, 1.54) is 0 Å². The van der Waals surface area contributed by atoms with Gasteiger partial charge in [-0.25, -0.2) is 0 Å². The molecule has 19 heavy (non-hydrogen) atoms. The molecule has 1 heterocycles. The van der Waals surface area contributed by atoms with E-state index >= 15 is 0 Å². The number of aliphatic carboxylic acids is 1. The maximum absolute atomic E-state index is 11.0. The Morgan fingerprint density at radius 2 is 1.95 bits per heavy atom. The van der Waals surface area contributed by atoms with Gasteiger partial charge in [-0.05, 0) is 33.6 Å². The van der Waals surface area contributed by atoms with E-state index in [0.717, 1.165) is 15.7 Å². The van der Waals surface area contributed by atoms with Gasteiger partial charge in [0.1, 0.15) is 0 Å². The number of hydrogen-bond donors (Lipinski definition) is 1. The SMILES string of the molecule is O=C(O)CC(c1ccccc1)c1ccc(Br)cn1.[H-].[Li+]. The molecule has 0 aliphatic rings. The Balaban J connectivity index is 0.00000180. The van der Waals surface area contributed by atoms with Crippen LogP contribution in [0.4, 0.5) is 0 Å². The fourth-order valence-corrected chi connectivity index (χ4v) is 2.08. The largest absolute Gasteiger partial charge is 1.00 e. The van der Waals surface area contributed by atoms with Crippen molar-refractivity contribution in [3.05, 3.63) is 64.4 Å². The number of hydrogen-bond acceptors (Lipinski definition) is 2. The molecule has 0 radical (unpaired) electrons. The molecule has 0 aliphatic heterocycles. The number of halogens is 1. The summed E-state index contributed by atoms with van der Waals surface area (Å²) in [5.41, 5.74) is 1.74. The van der Waals surface area contributed by atoms with Gasteiger partial charge in [0.05, 0.1) is 6.42 Å². The minimum atomic E-state index is -0.825. The summed E-state index contributed by atoms with van der Waals surface area (Å²) in [7, 11) is 0. The maximum Gasteiger partial charge on any atom is 1.00 e. The van der Waals surface area contributed by atoms with Crippen LogP contribution in [0.3, 0.4) is 0 Å². The molecule has 3 nitrogen and oxygen atoms in total. The van der Waals surface area contributed by atoms with Crippen LogP contribution < -0.4 is 18.9 Å². The summed E-state index contributed by atoms with van der Waals surface area (Å²) in [6.07, 6.45) is 1.73. The van der Waals surface area contributed by atoms with Crippen LogP contribution in [0.2, 0.25) is 0 Å². The van der Waals surface area contributed by atoms with Gasteiger partial charge in [-0.15, -0.1) is 0 Å². The van der Waals surface area contributed by atoms with E-state index in [4.69, 9.17) is 5.11 Å². The van der Waals surface area contributed by atoms with Crippen molar-refractivity contribution in [3.8, 4) is 0 Å². The zero-order chi connectivity index (χ0) is 13.0. The minimum Gasteiger partial charge on any atom is -1.00 e. The molecule has 0 aliphatic carbocycles. The number of nitrogens with zero attached hydrogens (tertiary/aromatic N) is 1. The van der Waals surface area contributed by atoms with Crippen molar-refractivity contribution in [2.75, 3.05) is 0 Å². The molecule has 0 amide bonds. The quantitative estimate of drug-likeness (QED) is 0.840. The summed E-state index contributed by atoms with van der Waals surface area (Å²) in [5, 5.41) is 9.02. The number of carboxylic acid groups (broad SMARTS) is 1. The predicted octanol–water partition coefficient (Wildman–Crippen LogP) is 0.567. The number of rotatable bonds is 4. The number of carboxylic acids is 1. The summed E-state index contributed by atoms with van der Waals surface area (Å²) in [5.74, 6) is -1.04. The first-order valence-corrected chi connectivity index (χ1v) is 6.34. The van der Waals surface area contributed by atoms with Crippen molar-refractivity contribution in [2.45, 2.75) is 12.3 Å². The Labute approximate surface area is 133 Å². The molecule has 0 saturated heterocycles. The molecule has 94 valence electrons. The Hall–Kier alpha value is -1.08. The van der Waals surface area contributed by atoms with Crippen LogP contribution in [0, 0.1) is 0 Å². The van der Waals surface area contributed by atoms with E-state index < -0.39 is 5.97 Å². The zero-order valence-corrected chi connectivity index (χ0v) is 12.2. The summed E-state index contributed by atoms with van der Waals surface area (Å²) < 4.78 is 0.883. The molecule has 1 unspecified atom stereocenters. The van der Waals surface area contributed by atoms with Gasteiger partial charge in [0.2, 0.25) is 0 Å². The van der Waals surface area contributed by atoms with Gasteiger partial charge in [-0.1, -0.05) is 30.3 Å². The molecule has 0 bridgehead atoms. The van der Waals surface area contributed by atoms with Crippen molar-refractivity contribution in [3.63, 3.8) is 0 Å². The Bertz CT molecular complexity index is 537. The van der Waals surface area contributed by atoms with Crippen LogP contribution in [0.15, 0.2) is 53.1 Å². The van der Waals surface area contributed by atoms with E-state index in [1.807, 2.05) is 42.5 Å². The third kappa shape index (κ3) is 4.50. The summed E-state index contributed by atoms with van der Waals surface area (Å²) in [6.45, 7) is 0. The van der Waals surface area contributed by atoms with Crippen molar-refractivity contribution in [1.82, 2.24) is 4.98 Å². The average Bonchev–Trinajstić information content (AvgIpc) is 2.38. The molecule has 1 aromatic heterocycles. The fourth-order valence-electron chi connectivity index (χ4n) is 1.85. The molecule has 5 heteroatoms. The number of aromatic nitrogens is 1. The fraction of sp³-hybridized carbons (Fsp3) is 0.143. The van der Waals surface area contributed by atoms with E-state index in [-0.39, 0.29) is 32.6 Å². The number of pyridine rings is 1. The standard InChI is InChI=1S/C14H12BrNO2.Li.H/c15-11-6-7-13(16-9-11)12(8-14(17)18)10-4-2-1-3-5-10;;/h1-7,9,12H,8H2,(H,17,18);;/q;+1;-1. The molecular weight excluding hydrogens is 301 g/mol. The molecule has 0 fully saturated rings. The first kappa shape index (κ1) is 16.0. The average molecular weight is 314 g/mol. The van der Waals surface area contributed by atoms with Gasteiger partial charge < -0.3 is 6.53 Å². The Kier molecular flexibility index (Phi) is 6.30. The van der Waals surface area contributed by atoms with Crippen LogP contribution in [-0.2, 0) is 4.79 Å². The second-order valence-electron chi connectivity index (χ2n) is 3.96. The minimum absolute atomic E-state index is 0. The second-order valence-corrected chi connectivity index (χ2v) is 4.88. The normalized spacial score (nSPS) is 11.4. The van der Waals surface area contributed by atoms with Gasteiger partial charge in [0, 0.05) is 22.3 Å². The third-order valence-corrected chi connectivity index (χ3v) is 3.16. The van der Waals surface area contributed by atoms with E-state index in [1.54, 1.807) is 6.20 Å². The van der Waals surface area contributed by atoms with Crippen LogP contribution in [0.1, 0.15) is 25.0 Å². The van der Waals surface area contributed by atoms with Gasteiger partial charge >= 0.3 is 24.8 Å². The number of benzene rings is 1. The van der Waals surface area contributed by atoms with Crippen molar-refractivity contribution in [2.24, 2.45) is 0 Å². The summed E-state index contributed by atoms with van der Waals surface area (Å²) in [4.78, 5) is 15.3. The number of carbonyl (C=O) groups is 1. The third-order valence-electron chi connectivity index (χ3n) is 2.69. The first-order chi connectivity index (χ1) is 8.66. The topological polar surface area (TPSA) is 50.2 Å². The second kappa shape index (κ2) is 7.49. The van der Waals surface area contributed by atoms with Crippen LogP contribution in [0.5, 0.6) is 0 Å². The monoisotopic (exact) mass is 313 g/mol. The van der Waals surface area contributed by atoms with Gasteiger partial charge in [0.25, 0.3) is 0 Å². The van der Waals surface area contributed by atoms with Crippen molar-refractivity contribution in [1.29, 1.82) is 0 Å². The predicted molar refractivity (Wildman–Crippen MR) is 73.6 cm³/mol. The molecule has 0 saturated carbocycles. The first-order valence-electron chi connectivity index (χ1n) is 5.55. The van der Waals surface area contributed by atoms with Gasteiger partial charge in [0.15, 0.2) is 0 Å². The molecular formula is C14H13BrLiNO2. The smallest absolute Gasteiger partial charge is 1.00 e. The maximum atomic E-state index is 11.0. The molecule has 1 aromatic carbocycles. The van der Waals surface area contributed by atoms with Crippen molar-refractivity contribution < 1.29 is 30.2 Å². The van der Waals surface area contributed by atoms with Crippen molar-refractivity contribution >= 4 is 21.9 Å². The van der Waals surface area contributed by atoms with Crippen LogP contribution in [-0.4, -0.2) is 16.1 Å². The molecule has 1 N–H and O–H groups in total. The summed E-state index contributed by atoms with van der Waals surface area (Å²) >= 11 is 3.32. The van der Waals surface area contributed by atoms with Gasteiger partial charge in [-0.2, -0.15) is 0 Å². The van der Waals surface area contributed by atoms with E-state index in [0.29, 0.717) is 0 Å². The Morgan fingerprint density at radius 1 is 1.26 bits per heavy atom.